The molecule has 2 aromatic carbocycles. The number of nitrogens with zero attached hydrogens (tertiary/aromatic N) is 3. The number of urea groups is 1. The summed E-state index contributed by atoms with van der Waals surface area (Å²) in [5, 5.41) is 39.5. The smallest absolute Gasteiger partial charge is 0.411 e. The Labute approximate surface area is 673 Å². The Balaban J connectivity index is 0.656. The van der Waals surface area contributed by atoms with E-state index in [1.165, 1.54) is 43.3 Å². The molecule has 37 heteroatoms. The zero-order chi connectivity index (χ0) is 83.8. The second-order valence-corrected chi connectivity index (χ2v) is 32.5. The summed E-state index contributed by atoms with van der Waals surface area (Å²) in [5.74, 6) is -5.97. The van der Waals surface area contributed by atoms with Crippen molar-refractivity contribution in [2.24, 2.45) is 40.1 Å². The van der Waals surface area contributed by atoms with Gasteiger partial charge in [0.1, 0.15) is 55.6 Å². The van der Waals surface area contributed by atoms with Gasteiger partial charge in [-0.05, 0) is 155 Å². The van der Waals surface area contributed by atoms with Crippen LogP contribution in [-0.2, 0) is 101 Å². The number of Topliss-reactive ketones (excluding diaryl/α,β-unsaturated/α-hetero) is 1. The summed E-state index contributed by atoms with van der Waals surface area (Å²) >= 11 is 0. The van der Waals surface area contributed by atoms with Crippen LogP contribution in [0.3, 0.4) is 0 Å². The van der Waals surface area contributed by atoms with Crippen LogP contribution in [0.5, 0.6) is 5.75 Å². The Hall–Kier alpha value is -8.50. The molecule has 4 fully saturated rings. The first-order valence-electron chi connectivity index (χ1n) is 40.0. The van der Waals surface area contributed by atoms with E-state index < -0.39 is 159 Å². The minimum absolute atomic E-state index is 0.00101. The van der Waals surface area contributed by atoms with Crippen molar-refractivity contribution in [3.05, 3.63) is 89.3 Å². The molecular formula is C79H114F2N12O22S. The van der Waals surface area contributed by atoms with Gasteiger partial charge in [-0.1, -0.05) is 70.4 Å². The summed E-state index contributed by atoms with van der Waals surface area (Å²) in [5.41, 5.74) is 7.59. The lowest BCUT2D eigenvalue weighted by atomic mass is 9.44. The third kappa shape index (κ3) is 23.9. The Bertz CT molecular complexity index is 4030. The van der Waals surface area contributed by atoms with Crippen LogP contribution in [0.25, 0.3) is 0 Å². The lowest BCUT2D eigenvalue weighted by Gasteiger charge is -2.63. The lowest BCUT2D eigenvalue weighted by Crippen LogP contribution is -2.71. The molecule has 6 aliphatic rings. The number of nitrogens with one attached hydrogen (secondary N) is 7. The van der Waals surface area contributed by atoms with Crippen molar-refractivity contribution in [2.45, 2.75) is 211 Å². The Kier molecular flexibility index (Phi) is 33.7. The van der Waals surface area contributed by atoms with Gasteiger partial charge in [-0.3, -0.25) is 43.4 Å². The first kappa shape index (κ1) is 91.4. The summed E-state index contributed by atoms with van der Waals surface area (Å²) in [6.45, 7) is 10.9. The molecule has 3 saturated carbocycles. The van der Waals surface area contributed by atoms with Gasteiger partial charge in [0.05, 0.1) is 89.1 Å². The fourth-order valence-electron chi connectivity index (χ4n) is 16.5. The van der Waals surface area contributed by atoms with E-state index in [9.17, 15) is 56.7 Å². The van der Waals surface area contributed by atoms with Gasteiger partial charge < -0.3 is 91.1 Å². The van der Waals surface area contributed by atoms with Gasteiger partial charge in [0.15, 0.2) is 23.3 Å². The number of rotatable bonds is 46. The van der Waals surface area contributed by atoms with Gasteiger partial charge in [-0.25, -0.2) is 23.1 Å². The number of allylic oxidation sites excluding steroid dienone is 4. The van der Waals surface area contributed by atoms with E-state index in [2.05, 4.69) is 47.5 Å². The first-order chi connectivity index (χ1) is 55.4. The largest absolute Gasteiger partial charge is 0.486 e. The van der Waals surface area contributed by atoms with Crippen molar-refractivity contribution in [3.63, 3.8) is 0 Å². The second-order valence-electron chi connectivity index (χ2n) is 31.0. The van der Waals surface area contributed by atoms with Crippen molar-refractivity contribution in [2.75, 3.05) is 102 Å². The number of anilines is 2. The zero-order valence-electron chi connectivity index (χ0n) is 66.5. The fraction of sp³-hybridized carbons (Fsp3) is 0.658. The van der Waals surface area contributed by atoms with E-state index in [0.717, 1.165) is 37.5 Å². The third-order valence-corrected chi connectivity index (χ3v) is 23.3. The predicted molar refractivity (Wildman–Crippen MR) is 416 cm³/mol. The van der Waals surface area contributed by atoms with Crippen LogP contribution in [0.1, 0.15) is 154 Å². The number of nitrogens with two attached hydrogens (primary N) is 2. The average Bonchev–Trinajstić information content (AvgIpc) is 1.47. The van der Waals surface area contributed by atoms with Crippen LogP contribution in [0.2, 0.25) is 0 Å². The van der Waals surface area contributed by atoms with Crippen molar-refractivity contribution in [3.8, 4) is 5.75 Å². The lowest BCUT2D eigenvalue weighted by molar-refractivity contribution is -0.234. The summed E-state index contributed by atoms with van der Waals surface area (Å²) < 4.78 is 119. The van der Waals surface area contributed by atoms with Crippen LogP contribution in [0.15, 0.2) is 72.3 Å². The van der Waals surface area contributed by atoms with Gasteiger partial charge in [-0.2, -0.15) is 8.42 Å². The SMILES string of the molecule is CCCC1O[C@@H]2C[C@H]3[C@@H]4C[C@H](F)C5=CC(=O)C=C[C@]5(C)[C@@]4(F)[C@@H](O)C[C@]3(C)[C@]2(C(=O)COc2ccc(NC(=O)OCc3ccc(NC(=O)[C@H](CCCNC(N)=O)NC(=O)[C@@H](NC(=O)[C@H](N)CCCCNC(=O)COC4CCCCCc5c4nnn5CCOCCOCCOCCOCCC(=O)NCCS(=O)(=O)O)C(C)C)cc3)cc2)O1. The number of aromatic nitrogens is 3. The predicted octanol–water partition coefficient (Wildman–Crippen LogP) is 5.15. The summed E-state index contributed by atoms with van der Waals surface area (Å²) in [6.07, 6.45) is 4.07. The van der Waals surface area contributed by atoms with Crippen molar-refractivity contribution >= 4 is 74.7 Å². The fourth-order valence-corrected chi connectivity index (χ4v) is 16.9. The number of alkyl halides is 2. The molecule has 0 radical (unpaired) electrons. The average molecular weight is 1650 g/mol. The first-order valence-corrected chi connectivity index (χ1v) is 41.6. The highest BCUT2D eigenvalue weighted by Gasteiger charge is 2.80. The molecule has 1 aliphatic heterocycles. The van der Waals surface area contributed by atoms with Crippen LogP contribution >= 0.6 is 0 Å². The Morgan fingerprint density at radius 2 is 1.45 bits per heavy atom. The molecule has 14 atom stereocenters. The number of halogens is 2. The van der Waals surface area contributed by atoms with Crippen molar-refractivity contribution in [1.29, 1.82) is 0 Å². The molecule has 9 rings (SSSR count). The molecule has 5 aliphatic carbocycles. The number of ketones is 2. The van der Waals surface area contributed by atoms with Gasteiger partial charge >= 0.3 is 12.1 Å². The second kappa shape index (κ2) is 42.8. The molecule has 3 aromatic rings. The summed E-state index contributed by atoms with van der Waals surface area (Å²) in [4.78, 5) is 118. The molecule has 0 bridgehead atoms. The maximum absolute atomic E-state index is 18.0. The molecule has 2 heterocycles. The number of primary amides is 1. The molecule has 8 amide bonds. The number of unbranched alkanes of at least 4 members (excludes halogenated alkanes) is 1. The molecule has 2 unspecified atom stereocenters. The highest BCUT2D eigenvalue weighted by Crippen LogP contribution is 2.72. The molecule has 1 aromatic heterocycles. The van der Waals surface area contributed by atoms with Crippen molar-refractivity contribution < 1.29 is 113 Å². The van der Waals surface area contributed by atoms with Crippen LogP contribution in [-0.4, -0.2) is 232 Å². The maximum atomic E-state index is 18.0. The van der Waals surface area contributed by atoms with E-state index in [0.29, 0.717) is 101 Å². The quantitative estimate of drug-likeness (QED) is 0.0257. The van der Waals surface area contributed by atoms with E-state index in [1.54, 1.807) is 45.0 Å². The van der Waals surface area contributed by atoms with E-state index in [1.807, 2.05) is 11.6 Å². The topological polar surface area (TPSA) is 478 Å². The Morgan fingerprint density at radius 3 is 2.14 bits per heavy atom. The van der Waals surface area contributed by atoms with Crippen LogP contribution in [0, 0.1) is 28.6 Å². The maximum Gasteiger partial charge on any atom is 0.411 e. The summed E-state index contributed by atoms with van der Waals surface area (Å²) in [7, 11) is -4.14. The molecular weight excluding hydrogens is 1540 g/mol. The van der Waals surface area contributed by atoms with Crippen molar-refractivity contribution in [1.82, 2.24) is 41.6 Å². The van der Waals surface area contributed by atoms with E-state index in [-0.39, 0.29) is 108 Å². The standard InChI is InChI=1S/C79H114F2N12O22S/c1-6-13-68-114-65-44-55-56-43-58(80)57-42-53(94)26-28-76(57,4)78(56,81)63(95)45-77(55,5)79(65,115-68)64(96)47-111-54-24-22-52(23-25-54)88-75(103)113-46-50-18-20-51(21-19-50)87-72(100)60(15-12-30-86-74(83)102)89-73(101)69(49(2)3)90-71(99)59(82)14-10-11-29-84-67(98)48-112-62-17-9-7-8-16-61-70(62)91-92-93(61)32-34-108-36-38-110-40-39-109-37-35-107-33-27-66(97)85-31-41-116(104,105)106/h18-26,28,42,49,55-56,58-60,62-63,65,68-69,95H,6-17,27,29-41,43-48,82H2,1-5H3,(H,84,98)(H,85,97)(H,87,100)(H,88,103)(H,89,101)(H,90,99)(H3,83,86,102)(H,104,105,106)/t55-,56-,58-,59+,60-,62?,63-,65+,68?,69-,76-,77-,78-,79+/m0/s1. The highest BCUT2D eigenvalue weighted by molar-refractivity contribution is 7.85. The van der Waals surface area contributed by atoms with Crippen LogP contribution in [0.4, 0.5) is 29.7 Å². The third-order valence-electron chi connectivity index (χ3n) is 22.6. The number of fused-ring (bicyclic) bond motifs is 8. The molecule has 1 saturated heterocycles. The number of carbonyl (C=O) groups is 9. The highest BCUT2D eigenvalue weighted by atomic mass is 32.2. The summed E-state index contributed by atoms with van der Waals surface area (Å²) in [6, 6.07) is 8.48. The molecule has 13 N–H and O–H groups in total. The molecule has 34 nitrogen and oxygen atoms in total. The van der Waals surface area contributed by atoms with E-state index >= 15 is 8.78 Å². The number of benzene rings is 2. The normalized spacial score (nSPS) is 25.4. The Morgan fingerprint density at radius 1 is 0.776 bits per heavy atom. The van der Waals surface area contributed by atoms with Crippen LogP contribution < -0.4 is 53.4 Å². The van der Waals surface area contributed by atoms with E-state index in [4.69, 9.17) is 58.7 Å². The monoisotopic (exact) mass is 1650 g/mol. The number of hydrogen-bond acceptors (Lipinski definition) is 24. The number of amides is 8. The number of carbonyl (C=O) groups excluding carboxylic acids is 9. The number of hydrogen-bond donors (Lipinski definition) is 11. The molecule has 642 valence electrons. The molecule has 116 heavy (non-hydrogen) atoms. The van der Waals surface area contributed by atoms with Gasteiger partial charge in [0.25, 0.3) is 10.1 Å². The zero-order valence-corrected chi connectivity index (χ0v) is 67.4. The number of aliphatic hydroxyl groups is 1. The number of ether oxygens (including phenoxy) is 9. The van der Waals surface area contributed by atoms with Gasteiger partial charge in [0.2, 0.25) is 35.3 Å². The minimum atomic E-state index is -4.14. The van der Waals surface area contributed by atoms with Gasteiger partial charge in [0, 0.05) is 54.2 Å². The van der Waals surface area contributed by atoms with Gasteiger partial charge in [-0.15, -0.1) is 5.10 Å². The molecule has 0 spiro atoms. The number of aliphatic hydroxyl groups excluding tert-OH is 1. The minimum Gasteiger partial charge on any atom is -0.486 e.